The molecule has 1 aromatic rings. The lowest BCUT2D eigenvalue weighted by Crippen LogP contribution is -2.39. The van der Waals surface area contributed by atoms with E-state index in [0.29, 0.717) is 38.5 Å². The average Bonchev–Trinajstić information content (AvgIpc) is 3.16. The Balaban J connectivity index is 1.70. The third-order valence-electron chi connectivity index (χ3n) is 5.53. The summed E-state index contributed by atoms with van der Waals surface area (Å²) in [6.45, 7) is -0.572. The van der Waals surface area contributed by atoms with Crippen LogP contribution in [0.15, 0.2) is 66.3 Å². The van der Waals surface area contributed by atoms with Gasteiger partial charge in [-0.25, -0.2) is 0 Å². The molecule has 2 atom stereocenters. The zero-order valence-corrected chi connectivity index (χ0v) is 18.5. The predicted octanol–water partition coefficient (Wildman–Crippen LogP) is 2.64. The molecule has 174 valence electrons. The third-order valence-corrected chi connectivity index (χ3v) is 5.53. The first-order valence-corrected chi connectivity index (χ1v) is 11.3. The zero-order chi connectivity index (χ0) is 23.2. The molecular weight excluding hydrogens is 406 g/mol. The number of ketones is 1. The molecule has 6 nitrogen and oxygen atoms in total. The van der Waals surface area contributed by atoms with Gasteiger partial charge in [0.1, 0.15) is 5.78 Å². The fraction of sp³-hybridized carbons (Fsp3) is 0.462. The number of hydrogen-bond acceptors (Lipinski definition) is 5. The summed E-state index contributed by atoms with van der Waals surface area (Å²) in [4.78, 5) is 23.9. The molecule has 1 amide bonds. The number of allylic oxidation sites excluding steroid dienone is 5. The van der Waals surface area contributed by atoms with Crippen LogP contribution in [0.1, 0.15) is 44.1 Å². The van der Waals surface area contributed by atoms with E-state index in [2.05, 4.69) is 5.32 Å². The molecule has 0 heterocycles. The molecule has 1 aliphatic rings. The van der Waals surface area contributed by atoms with Gasteiger partial charge in [-0.05, 0) is 43.2 Å². The van der Waals surface area contributed by atoms with Gasteiger partial charge in [-0.1, -0.05) is 60.7 Å². The lowest BCUT2D eigenvalue weighted by molar-refractivity contribution is -0.122. The molecule has 0 spiro atoms. The smallest absolute Gasteiger partial charge is 0.220 e. The average molecular weight is 442 g/mol. The van der Waals surface area contributed by atoms with Crippen LogP contribution < -0.4 is 5.32 Å². The third kappa shape index (κ3) is 9.30. The molecule has 6 heteroatoms. The molecule has 1 aliphatic carbocycles. The van der Waals surface area contributed by atoms with Crippen molar-refractivity contribution in [3.8, 4) is 0 Å². The van der Waals surface area contributed by atoms with E-state index in [-0.39, 0.29) is 30.8 Å². The van der Waals surface area contributed by atoms with Gasteiger partial charge in [0.25, 0.3) is 0 Å². The first-order valence-electron chi connectivity index (χ1n) is 11.3. The Morgan fingerprint density at radius 1 is 1.16 bits per heavy atom. The van der Waals surface area contributed by atoms with E-state index in [1.165, 1.54) is 5.56 Å². The van der Waals surface area contributed by atoms with Crippen molar-refractivity contribution in [2.24, 2.45) is 5.92 Å². The van der Waals surface area contributed by atoms with E-state index in [0.717, 1.165) is 12.0 Å². The minimum absolute atomic E-state index is 0.179. The van der Waals surface area contributed by atoms with Gasteiger partial charge < -0.3 is 20.6 Å². The molecule has 2 rings (SSSR count). The molecule has 0 saturated heterocycles. The number of aryl methyl sites for hydroxylation is 1. The van der Waals surface area contributed by atoms with E-state index in [1.807, 2.05) is 54.6 Å². The summed E-state index contributed by atoms with van der Waals surface area (Å²) in [5.74, 6) is -0.188. The van der Waals surface area contributed by atoms with Gasteiger partial charge >= 0.3 is 0 Å². The minimum Gasteiger partial charge on any atom is -0.394 e. The number of amides is 1. The summed E-state index contributed by atoms with van der Waals surface area (Å²) in [6.07, 6.45) is 13.1. The Bertz CT molecular complexity index is 796. The highest BCUT2D eigenvalue weighted by molar-refractivity contribution is 5.89. The standard InChI is InChI=1S/C26H35NO5/c28-18-22(19-29)27-26(32)11-7-2-1-6-10-24-21(14-17-25(24)31)13-16-23(30)15-12-20-8-4-3-5-9-20/h1,3-6,8-9,13-14,16,22-24,28-30H,2,7,10-12,15,17-19H2,(H,27,32)/t23-,24+/m0/s1. The van der Waals surface area contributed by atoms with Crippen molar-refractivity contribution in [1.29, 1.82) is 0 Å². The van der Waals surface area contributed by atoms with Crippen molar-refractivity contribution < 1.29 is 24.9 Å². The largest absolute Gasteiger partial charge is 0.394 e. The van der Waals surface area contributed by atoms with Gasteiger partial charge in [0.05, 0.1) is 25.4 Å². The van der Waals surface area contributed by atoms with Crippen LogP contribution >= 0.6 is 0 Å². The van der Waals surface area contributed by atoms with Gasteiger partial charge in [-0.2, -0.15) is 0 Å². The lowest BCUT2D eigenvalue weighted by Gasteiger charge is -2.12. The van der Waals surface area contributed by atoms with Crippen molar-refractivity contribution in [1.82, 2.24) is 5.32 Å². The monoisotopic (exact) mass is 441 g/mol. The number of benzene rings is 1. The molecule has 0 unspecified atom stereocenters. The van der Waals surface area contributed by atoms with Crippen LogP contribution in [-0.2, 0) is 16.0 Å². The predicted molar refractivity (Wildman–Crippen MR) is 125 cm³/mol. The van der Waals surface area contributed by atoms with Crippen LogP contribution in [0.2, 0.25) is 0 Å². The molecule has 0 fully saturated rings. The van der Waals surface area contributed by atoms with Gasteiger partial charge in [0.2, 0.25) is 5.91 Å². The first kappa shape index (κ1) is 25.7. The summed E-state index contributed by atoms with van der Waals surface area (Å²) >= 11 is 0. The van der Waals surface area contributed by atoms with Crippen molar-refractivity contribution in [2.75, 3.05) is 13.2 Å². The Kier molecular flexibility index (Phi) is 11.7. The summed E-state index contributed by atoms with van der Waals surface area (Å²) in [7, 11) is 0. The Morgan fingerprint density at radius 2 is 1.91 bits per heavy atom. The van der Waals surface area contributed by atoms with Crippen LogP contribution in [0.25, 0.3) is 0 Å². The zero-order valence-electron chi connectivity index (χ0n) is 18.5. The summed E-state index contributed by atoms with van der Waals surface area (Å²) < 4.78 is 0. The SMILES string of the molecule is O=C(CCCC=CC[C@H]1C(=O)CC=C1C=C[C@@H](O)CCc1ccccc1)NC(CO)CO. The molecular formula is C26H35NO5. The maximum atomic E-state index is 12.2. The van der Waals surface area contributed by atoms with Crippen molar-refractivity contribution in [3.63, 3.8) is 0 Å². The highest BCUT2D eigenvalue weighted by Gasteiger charge is 2.24. The maximum absolute atomic E-state index is 12.2. The normalized spacial score (nSPS) is 17.4. The molecule has 0 aromatic heterocycles. The summed E-state index contributed by atoms with van der Waals surface area (Å²) in [5.41, 5.74) is 2.15. The van der Waals surface area contributed by atoms with E-state index < -0.39 is 12.1 Å². The van der Waals surface area contributed by atoms with E-state index >= 15 is 0 Å². The minimum atomic E-state index is -0.610. The summed E-state index contributed by atoms with van der Waals surface area (Å²) in [5, 5.41) is 30.8. The fourth-order valence-corrected chi connectivity index (χ4v) is 3.60. The number of unbranched alkanes of at least 4 members (excludes halogenated alkanes) is 1. The Labute approximate surface area is 190 Å². The molecule has 1 aromatic carbocycles. The Morgan fingerprint density at radius 3 is 2.62 bits per heavy atom. The summed E-state index contributed by atoms with van der Waals surface area (Å²) in [6, 6.07) is 9.43. The fourth-order valence-electron chi connectivity index (χ4n) is 3.60. The van der Waals surface area contributed by atoms with Crippen molar-refractivity contribution >= 4 is 11.7 Å². The number of nitrogens with one attached hydrogen (secondary N) is 1. The topological polar surface area (TPSA) is 107 Å². The second kappa shape index (κ2) is 14.5. The number of hydrogen-bond donors (Lipinski definition) is 4. The Hall–Kier alpha value is -2.54. The number of carbonyl (C=O) groups excluding carboxylic acids is 2. The quantitative estimate of drug-likeness (QED) is 0.262. The second-order valence-corrected chi connectivity index (χ2v) is 8.11. The number of aliphatic hydroxyl groups is 3. The first-order chi connectivity index (χ1) is 15.5. The molecule has 0 radical (unpaired) electrons. The van der Waals surface area contributed by atoms with Gasteiger partial charge in [0, 0.05) is 18.8 Å². The van der Waals surface area contributed by atoms with Gasteiger partial charge in [-0.15, -0.1) is 0 Å². The van der Waals surface area contributed by atoms with Crippen LogP contribution in [0, 0.1) is 5.92 Å². The van der Waals surface area contributed by atoms with Crippen LogP contribution in [-0.4, -0.2) is 52.4 Å². The van der Waals surface area contributed by atoms with E-state index in [9.17, 15) is 14.7 Å². The van der Waals surface area contributed by atoms with Crippen LogP contribution in [0.4, 0.5) is 0 Å². The molecule has 32 heavy (non-hydrogen) atoms. The number of carbonyl (C=O) groups is 2. The molecule has 0 saturated carbocycles. The number of rotatable bonds is 14. The van der Waals surface area contributed by atoms with Crippen molar-refractivity contribution in [3.05, 3.63) is 71.8 Å². The molecule has 4 N–H and O–H groups in total. The highest BCUT2D eigenvalue weighted by atomic mass is 16.3. The molecule has 0 aliphatic heterocycles. The maximum Gasteiger partial charge on any atom is 0.220 e. The number of aliphatic hydroxyl groups excluding tert-OH is 3. The van der Waals surface area contributed by atoms with E-state index in [1.54, 1.807) is 6.08 Å². The van der Waals surface area contributed by atoms with Crippen LogP contribution in [0.3, 0.4) is 0 Å². The van der Waals surface area contributed by atoms with E-state index in [4.69, 9.17) is 10.2 Å². The van der Waals surface area contributed by atoms with Crippen molar-refractivity contribution in [2.45, 2.75) is 57.1 Å². The molecule has 0 bridgehead atoms. The number of Topliss-reactive ketones (excluding diaryl/α,β-unsaturated/α-hetero) is 1. The highest BCUT2D eigenvalue weighted by Crippen LogP contribution is 2.27. The van der Waals surface area contributed by atoms with Gasteiger partial charge in [0.15, 0.2) is 0 Å². The second-order valence-electron chi connectivity index (χ2n) is 8.11. The lowest BCUT2D eigenvalue weighted by atomic mass is 9.95. The van der Waals surface area contributed by atoms with Crippen LogP contribution in [0.5, 0.6) is 0 Å². The van der Waals surface area contributed by atoms with Gasteiger partial charge in [-0.3, -0.25) is 9.59 Å².